The maximum Gasteiger partial charge on any atom is 0.123 e. The van der Waals surface area contributed by atoms with Gasteiger partial charge in [0.15, 0.2) is 0 Å². The molecule has 0 aliphatic carbocycles. The molecule has 0 fully saturated rings. The molecule has 0 amide bonds. The van der Waals surface area contributed by atoms with Crippen LogP contribution in [0.1, 0.15) is 5.56 Å². The molecule has 84 valence electrons. The lowest BCUT2D eigenvalue weighted by atomic mass is 10.2. The van der Waals surface area contributed by atoms with E-state index in [1.54, 1.807) is 18.9 Å². The van der Waals surface area contributed by atoms with E-state index in [9.17, 15) is 0 Å². The first-order valence-corrected chi connectivity index (χ1v) is 7.18. The van der Waals surface area contributed by atoms with E-state index < -0.39 is 0 Å². The maximum atomic E-state index is 5.66. The molecule has 0 radical (unpaired) electrons. The van der Waals surface area contributed by atoms with E-state index in [1.807, 2.05) is 18.2 Å². The van der Waals surface area contributed by atoms with Crippen LogP contribution in [0.4, 0.5) is 0 Å². The van der Waals surface area contributed by atoms with Crippen molar-refractivity contribution in [2.75, 3.05) is 25.7 Å². The van der Waals surface area contributed by atoms with Crippen molar-refractivity contribution < 1.29 is 9.47 Å². The Hall–Kier alpha value is -0.350. The number of alkyl halides is 1. The first-order chi connectivity index (χ1) is 7.31. The first kappa shape index (κ1) is 12.7. The highest BCUT2D eigenvalue weighted by molar-refractivity contribution is 9.08. The zero-order chi connectivity index (χ0) is 11.1. The lowest BCUT2D eigenvalue weighted by Gasteiger charge is -2.10. The SMILES string of the molecule is COc1ccc(OCCSC)c(CBr)c1. The zero-order valence-corrected chi connectivity index (χ0v) is 11.4. The molecule has 1 aromatic carbocycles. The number of halogens is 1. The van der Waals surface area contributed by atoms with Crippen molar-refractivity contribution in [3.63, 3.8) is 0 Å². The van der Waals surface area contributed by atoms with Gasteiger partial charge in [0.05, 0.1) is 13.7 Å². The second-order valence-corrected chi connectivity index (χ2v) is 4.49. The fourth-order valence-corrected chi connectivity index (χ4v) is 1.85. The smallest absolute Gasteiger partial charge is 0.123 e. The van der Waals surface area contributed by atoms with Crippen molar-refractivity contribution in [3.05, 3.63) is 23.8 Å². The minimum Gasteiger partial charge on any atom is -0.497 e. The fraction of sp³-hybridized carbons (Fsp3) is 0.455. The first-order valence-electron chi connectivity index (χ1n) is 4.66. The second kappa shape index (κ2) is 7.01. The third-order valence-electron chi connectivity index (χ3n) is 1.96. The van der Waals surface area contributed by atoms with E-state index in [0.29, 0.717) is 0 Å². The maximum absolute atomic E-state index is 5.66. The fourth-order valence-electron chi connectivity index (χ4n) is 1.16. The molecule has 0 atom stereocenters. The minimum atomic E-state index is 0.744. The average Bonchev–Trinajstić information content (AvgIpc) is 2.29. The van der Waals surface area contributed by atoms with Gasteiger partial charge in [-0.3, -0.25) is 0 Å². The molecule has 15 heavy (non-hydrogen) atoms. The lowest BCUT2D eigenvalue weighted by Crippen LogP contribution is -2.01. The van der Waals surface area contributed by atoms with Gasteiger partial charge in [0.1, 0.15) is 11.5 Å². The van der Waals surface area contributed by atoms with Crippen LogP contribution >= 0.6 is 27.7 Å². The van der Waals surface area contributed by atoms with E-state index in [-0.39, 0.29) is 0 Å². The van der Waals surface area contributed by atoms with Gasteiger partial charge >= 0.3 is 0 Å². The van der Waals surface area contributed by atoms with Crippen LogP contribution in [0, 0.1) is 0 Å². The van der Waals surface area contributed by atoms with Crippen molar-refractivity contribution in [3.8, 4) is 11.5 Å². The molecule has 0 aliphatic rings. The second-order valence-electron chi connectivity index (χ2n) is 2.95. The normalized spacial score (nSPS) is 10.1. The van der Waals surface area contributed by atoms with Gasteiger partial charge < -0.3 is 9.47 Å². The monoisotopic (exact) mass is 290 g/mol. The Balaban J connectivity index is 2.69. The van der Waals surface area contributed by atoms with Gasteiger partial charge in [0.25, 0.3) is 0 Å². The molecule has 2 nitrogen and oxygen atoms in total. The molecule has 1 aromatic rings. The Morgan fingerprint density at radius 1 is 1.40 bits per heavy atom. The van der Waals surface area contributed by atoms with E-state index in [4.69, 9.17) is 9.47 Å². The highest BCUT2D eigenvalue weighted by Gasteiger charge is 2.04. The van der Waals surface area contributed by atoms with Crippen molar-refractivity contribution in [2.24, 2.45) is 0 Å². The third kappa shape index (κ3) is 3.95. The Morgan fingerprint density at radius 2 is 2.20 bits per heavy atom. The number of thioether (sulfide) groups is 1. The zero-order valence-electron chi connectivity index (χ0n) is 8.96. The van der Waals surface area contributed by atoms with E-state index in [0.717, 1.165) is 34.8 Å². The molecule has 0 aliphatic heterocycles. The summed E-state index contributed by atoms with van der Waals surface area (Å²) < 4.78 is 10.8. The number of methoxy groups -OCH3 is 1. The molecule has 0 bridgehead atoms. The summed E-state index contributed by atoms with van der Waals surface area (Å²) in [6.07, 6.45) is 2.07. The summed E-state index contributed by atoms with van der Waals surface area (Å²) >= 11 is 5.22. The summed E-state index contributed by atoms with van der Waals surface area (Å²) in [5.41, 5.74) is 1.12. The van der Waals surface area contributed by atoms with E-state index in [1.165, 1.54) is 0 Å². The summed E-state index contributed by atoms with van der Waals surface area (Å²) in [6.45, 7) is 0.744. The highest BCUT2D eigenvalue weighted by atomic mass is 79.9. The largest absolute Gasteiger partial charge is 0.497 e. The third-order valence-corrected chi connectivity index (χ3v) is 3.14. The summed E-state index contributed by atoms with van der Waals surface area (Å²) in [4.78, 5) is 0. The molecule has 0 unspecified atom stereocenters. The van der Waals surface area contributed by atoms with Crippen LogP contribution in [0.2, 0.25) is 0 Å². The summed E-state index contributed by atoms with van der Waals surface area (Å²) in [6, 6.07) is 5.86. The number of rotatable bonds is 6. The predicted octanol–water partition coefficient (Wildman–Crippen LogP) is 3.33. The highest BCUT2D eigenvalue weighted by Crippen LogP contribution is 2.26. The molecule has 0 heterocycles. The molecule has 1 rings (SSSR count). The molecule has 0 spiro atoms. The topological polar surface area (TPSA) is 18.5 Å². The average molecular weight is 291 g/mol. The number of hydrogen-bond acceptors (Lipinski definition) is 3. The molecule has 0 saturated heterocycles. The standard InChI is InChI=1S/C11H15BrO2S/c1-13-10-3-4-11(9(7-10)8-12)14-5-6-15-2/h3-4,7H,5-6,8H2,1-2H3. The van der Waals surface area contributed by atoms with Crippen molar-refractivity contribution >= 4 is 27.7 Å². The van der Waals surface area contributed by atoms with Gasteiger partial charge in [-0.05, 0) is 24.5 Å². The molecule has 0 saturated carbocycles. The van der Waals surface area contributed by atoms with E-state index >= 15 is 0 Å². The summed E-state index contributed by atoms with van der Waals surface area (Å²) in [5.74, 6) is 2.80. The van der Waals surface area contributed by atoms with Crippen molar-refractivity contribution in [1.29, 1.82) is 0 Å². The van der Waals surface area contributed by atoms with Crippen LogP contribution in [0.15, 0.2) is 18.2 Å². The molecule has 4 heteroatoms. The van der Waals surface area contributed by atoms with Crippen molar-refractivity contribution in [1.82, 2.24) is 0 Å². The van der Waals surface area contributed by atoms with Gasteiger partial charge in [-0.15, -0.1) is 0 Å². The summed E-state index contributed by atoms with van der Waals surface area (Å²) in [5, 5.41) is 0.777. The molecular weight excluding hydrogens is 276 g/mol. The number of benzene rings is 1. The van der Waals surface area contributed by atoms with Crippen LogP contribution in [0.25, 0.3) is 0 Å². The molecular formula is C11H15BrO2S. The predicted molar refractivity (Wildman–Crippen MR) is 69.5 cm³/mol. The Labute approximate surface area is 103 Å². The quantitative estimate of drug-likeness (QED) is 0.591. The van der Waals surface area contributed by atoms with Crippen LogP contribution in [-0.4, -0.2) is 25.7 Å². The number of hydrogen-bond donors (Lipinski definition) is 0. The molecule has 0 N–H and O–H groups in total. The van der Waals surface area contributed by atoms with Gasteiger partial charge in [-0.25, -0.2) is 0 Å². The molecule has 0 aromatic heterocycles. The number of ether oxygens (including phenoxy) is 2. The van der Waals surface area contributed by atoms with Crippen molar-refractivity contribution in [2.45, 2.75) is 5.33 Å². The minimum absolute atomic E-state index is 0.744. The van der Waals surface area contributed by atoms with Gasteiger partial charge in [0.2, 0.25) is 0 Å². The van der Waals surface area contributed by atoms with Crippen LogP contribution in [0.3, 0.4) is 0 Å². The Kier molecular flexibility index (Phi) is 5.95. The van der Waals surface area contributed by atoms with Gasteiger partial charge in [-0.2, -0.15) is 11.8 Å². The summed E-state index contributed by atoms with van der Waals surface area (Å²) in [7, 11) is 1.67. The van der Waals surface area contributed by atoms with Crippen LogP contribution < -0.4 is 9.47 Å². The van der Waals surface area contributed by atoms with Crippen LogP contribution in [0.5, 0.6) is 11.5 Å². The van der Waals surface area contributed by atoms with E-state index in [2.05, 4.69) is 22.2 Å². The lowest BCUT2D eigenvalue weighted by molar-refractivity contribution is 0.340. The Morgan fingerprint density at radius 3 is 2.80 bits per heavy atom. The Bertz CT molecular complexity index is 305. The van der Waals surface area contributed by atoms with Crippen LogP contribution in [-0.2, 0) is 5.33 Å². The van der Waals surface area contributed by atoms with Gasteiger partial charge in [-0.1, -0.05) is 15.9 Å². The van der Waals surface area contributed by atoms with Gasteiger partial charge in [0, 0.05) is 16.6 Å².